The molecule has 0 saturated carbocycles. The summed E-state index contributed by atoms with van der Waals surface area (Å²) in [6.45, 7) is 3.61. The van der Waals surface area contributed by atoms with Gasteiger partial charge in [-0.3, -0.25) is 19.1 Å². The molecule has 1 amide bonds. The first-order chi connectivity index (χ1) is 19.4. The van der Waals surface area contributed by atoms with Crippen molar-refractivity contribution in [3.8, 4) is 11.3 Å². The third kappa shape index (κ3) is 4.76. The zero-order valence-electron chi connectivity index (χ0n) is 22.4. The van der Waals surface area contributed by atoms with Crippen molar-refractivity contribution in [1.29, 1.82) is 0 Å². The standard InChI is InChI=1S/C31H29FN4O4/c1-20-6-4-7-23(16-20)31(28-18-39-19-40-28,24-8-5-15-34-17-24)36-27(22-9-11-25(32)12-10-22)14-13-26(30(36)38)35-29(37)21(2)33-3/h4-18,21,33H,19H2,1-3H3,(H,35,37)/t21-,31?/m0/s1. The minimum Gasteiger partial charge on any atom is -0.461 e. The molecular formula is C31H29FN4O4. The number of likely N-dealkylation sites (N-methyl/N-ethyl adjacent to an activating group) is 1. The molecule has 4 aromatic rings. The molecule has 5 rings (SSSR count). The maximum atomic E-state index is 14.6. The highest BCUT2D eigenvalue weighted by atomic mass is 19.1. The molecule has 2 aromatic heterocycles. The first-order valence-corrected chi connectivity index (χ1v) is 12.8. The summed E-state index contributed by atoms with van der Waals surface area (Å²) in [5.74, 6) is -0.429. The molecule has 8 nitrogen and oxygen atoms in total. The second-order valence-corrected chi connectivity index (χ2v) is 9.51. The van der Waals surface area contributed by atoms with Crippen LogP contribution in [0.15, 0.2) is 102 Å². The Labute approximate surface area is 231 Å². The number of rotatable bonds is 8. The number of allylic oxidation sites excluding steroid dienone is 1. The minimum atomic E-state index is -1.41. The van der Waals surface area contributed by atoms with Crippen molar-refractivity contribution >= 4 is 11.6 Å². The fourth-order valence-corrected chi connectivity index (χ4v) is 4.88. The average Bonchev–Trinajstić information content (AvgIpc) is 3.51. The van der Waals surface area contributed by atoms with Crippen molar-refractivity contribution in [2.45, 2.75) is 25.4 Å². The van der Waals surface area contributed by atoms with Crippen molar-refractivity contribution in [3.05, 3.63) is 130 Å². The molecule has 2 N–H and O–H groups in total. The molecule has 2 aromatic carbocycles. The van der Waals surface area contributed by atoms with Crippen LogP contribution in [0.5, 0.6) is 0 Å². The number of aromatic nitrogens is 2. The van der Waals surface area contributed by atoms with Crippen LogP contribution in [0.2, 0.25) is 0 Å². The highest BCUT2D eigenvalue weighted by Crippen LogP contribution is 2.44. The van der Waals surface area contributed by atoms with Gasteiger partial charge in [0.2, 0.25) is 12.7 Å². The molecule has 0 radical (unpaired) electrons. The molecule has 3 heterocycles. The summed E-state index contributed by atoms with van der Waals surface area (Å²) in [7, 11) is 1.66. The Morgan fingerprint density at radius 2 is 1.85 bits per heavy atom. The van der Waals surface area contributed by atoms with Crippen LogP contribution < -0.4 is 16.2 Å². The van der Waals surface area contributed by atoms with Gasteiger partial charge < -0.3 is 20.1 Å². The van der Waals surface area contributed by atoms with Gasteiger partial charge in [-0.2, -0.15) is 0 Å². The van der Waals surface area contributed by atoms with E-state index in [1.165, 1.54) is 18.4 Å². The van der Waals surface area contributed by atoms with Crippen LogP contribution in [0.3, 0.4) is 0 Å². The normalized spacial score (nSPS) is 14.8. The van der Waals surface area contributed by atoms with Crippen LogP contribution in [-0.2, 0) is 19.8 Å². The van der Waals surface area contributed by atoms with Crippen LogP contribution in [-0.4, -0.2) is 35.3 Å². The Morgan fingerprint density at radius 1 is 1.07 bits per heavy atom. The number of hydrogen-bond donors (Lipinski definition) is 2. The maximum Gasteiger partial charge on any atom is 0.276 e. The summed E-state index contributed by atoms with van der Waals surface area (Å²) in [6.07, 6.45) is 4.80. The summed E-state index contributed by atoms with van der Waals surface area (Å²) < 4.78 is 27.1. The summed E-state index contributed by atoms with van der Waals surface area (Å²) >= 11 is 0. The van der Waals surface area contributed by atoms with Crippen molar-refractivity contribution in [2.24, 2.45) is 0 Å². The summed E-state index contributed by atoms with van der Waals surface area (Å²) in [6, 6.07) is 20.0. The zero-order chi connectivity index (χ0) is 28.3. The Kier molecular flexibility index (Phi) is 7.48. The number of ether oxygens (including phenoxy) is 2. The molecule has 0 bridgehead atoms. The Bertz CT molecular complexity index is 1620. The highest BCUT2D eigenvalue weighted by Gasteiger charge is 2.46. The van der Waals surface area contributed by atoms with Crippen LogP contribution in [0.25, 0.3) is 11.3 Å². The van der Waals surface area contributed by atoms with Crippen molar-refractivity contribution < 1.29 is 18.7 Å². The monoisotopic (exact) mass is 540 g/mol. The number of pyridine rings is 2. The van der Waals surface area contributed by atoms with Gasteiger partial charge in [0.1, 0.15) is 17.8 Å². The molecule has 204 valence electrons. The molecule has 0 aliphatic carbocycles. The van der Waals surface area contributed by atoms with Crippen LogP contribution in [0.1, 0.15) is 23.6 Å². The molecular weight excluding hydrogens is 511 g/mol. The molecule has 1 unspecified atom stereocenters. The number of carbonyl (C=O) groups excluding carboxylic acids is 1. The van der Waals surface area contributed by atoms with Crippen LogP contribution >= 0.6 is 0 Å². The van der Waals surface area contributed by atoms with Gasteiger partial charge in [0.25, 0.3) is 5.56 Å². The fraction of sp³-hybridized carbons (Fsp3) is 0.194. The number of halogens is 1. The van der Waals surface area contributed by atoms with Crippen molar-refractivity contribution in [2.75, 3.05) is 19.2 Å². The van der Waals surface area contributed by atoms with E-state index < -0.39 is 23.0 Å². The SMILES string of the molecule is CN[C@@H](C)C(=O)Nc1ccc(-c2ccc(F)cc2)n(C(C2=COCO2)(c2cccnc2)c2cccc(C)c2)c1=O. The quantitative estimate of drug-likeness (QED) is 0.341. The van der Waals surface area contributed by atoms with E-state index in [0.717, 1.165) is 5.56 Å². The van der Waals surface area contributed by atoms with Crippen molar-refractivity contribution in [1.82, 2.24) is 14.9 Å². The van der Waals surface area contributed by atoms with Gasteiger partial charge in [-0.25, -0.2) is 4.39 Å². The number of hydrogen-bond acceptors (Lipinski definition) is 6. The van der Waals surface area contributed by atoms with E-state index in [4.69, 9.17) is 9.47 Å². The lowest BCUT2D eigenvalue weighted by Crippen LogP contribution is -2.47. The molecule has 1 aliphatic heterocycles. The molecule has 0 saturated heterocycles. The lowest BCUT2D eigenvalue weighted by Gasteiger charge is -2.38. The highest BCUT2D eigenvalue weighted by molar-refractivity contribution is 5.94. The number of benzene rings is 2. The Balaban J connectivity index is 1.93. The number of aryl methyl sites for hydroxylation is 1. The van der Waals surface area contributed by atoms with E-state index in [9.17, 15) is 14.0 Å². The van der Waals surface area contributed by atoms with E-state index in [-0.39, 0.29) is 18.4 Å². The topological polar surface area (TPSA) is 94.5 Å². The third-order valence-corrected chi connectivity index (χ3v) is 6.99. The fourth-order valence-electron chi connectivity index (χ4n) is 4.88. The van der Waals surface area contributed by atoms with E-state index in [0.29, 0.717) is 28.1 Å². The van der Waals surface area contributed by atoms with Gasteiger partial charge in [0.15, 0.2) is 11.3 Å². The first kappa shape index (κ1) is 26.8. The minimum absolute atomic E-state index is 0.0418. The van der Waals surface area contributed by atoms with Gasteiger partial charge in [0, 0.05) is 18.0 Å². The second-order valence-electron chi connectivity index (χ2n) is 9.51. The van der Waals surface area contributed by atoms with E-state index in [1.807, 2.05) is 37.3 Å². The smallest absolute Gasteiger partial charge is 0.276 e. The average molecular weight is 541 g/mol. The number of anilines is 1. The van der Waals surface area contributed by atoms with E-state index in [1.54, 1.807) is 61.3 Å². The largest absolute Gasteiger partial charge is 0.461 e. The zero-order valence-corrected chi connectivity index (χ0v) is 22.4. The Hall–Kier alpha value is -4.76. The van der Waals surface area contributed by atoms with Gasteiger partial charge in [-0.05, 0) is 74.5 Å². The summed E-state index contributed by atoms with van der Waals surface area (Å²) in [5.41, 5.74) is 1.48. The van der Waals surface area contributed by atoms with Gasteiger partial charge in [0.05, 0.1) is 11.7 Å². The lowest BCUT2D eigenvalue weighted by atomic mass is 9.80. The Morgan fingerprint density at radius 3 is 2.50 bits per heavy atom. The molecule has 2 atom stereocenters. The van der Waals surface area contributed by atoms with Gasteiger partial charge >= 0.3 is 0 Å². The van der Waals surface area contributed by atoms with Crippen LogP contribution in [0.4, 0.5) is 10.1 Å². The number of amides is 1. The van der Waals surface area contributed by atoms with Gasteiger partial charge in [-0.15, -0.1) is 0 Å². The number of nitrogens with one attached hydrogen (secondary N) is 2. The second kappa shape index (κ2) is 11.2. The third-order valence-electron chi connectivity index (χ3n) is 6.99. The molecule has 1 aliphatic rings. The number of carbonyl (C=O) groups is 1. The predicted octanol–water partition coefficient (Wildman–Crippen LogP) is 4.54. The van der Waals surface area contributed by atoms with E-state index in [2.05, 4.69) is 15.6 Å². The number of nitrogens with zero attached hydrogens (tertiary/aromatic N) is 2. The summed E-state index contributed by atoms with van der Waals surface area (Å²) in [5, 5.41) is 5.65. The van der Waals surface area contributed by atoms with Gasteiger partial charge in [-0.1, -0.05) is 35.9 Å². The lowest BCUT2D eigenvalue weighted by molar-refractivity contribution is -0.117. The maximum absolute atomic E-state index is 14.6. The first-order valence-electron chi connectivity index (χ1n) is 12.8. The molecule has 0 spiro atoms. The molecule has 40 heavy (non-hydrogen) atoms. The predicted molar refractivity (Wildman–Crippen MR) is 150 cm³/mol. The molecule has 0 fully saturated rings. The van der Waals surface area contributed by atoms with Crippen molar-refractivity contribution in [3.63, 3.8) is 0 Å². The van der Waals surface area contributed by atoms with Crippen LogP contribution in [0, 0.1) is 12.7 Å². The summed E-state index contributed by atoms with van der Waals surface area (Å²) in [4.78, 5) is 31.9. The molecule has 9 heteroatoms. The van der Waals surface area contributed by atoms with E-state index >= 15 is 0 Å².